The molecule has 0 fully saturated rings. The van der Waals surface area contributed by atoms with Gasteiger partial charge in [-0.05, 0) is 24.1 Å². The molecule has 2 unspecified atom stereocenters. The van der Waals surface area contributed by atoms with Gasteiger partial charge in [-0.3, -0.25) is 4.79 Å². The van der Waals surface area contributed by atoms with Crippen LogP contribution in [0.5, 0.6) is 0 Å². The number of thiophene rings is 1. The number of nitrogens with one attached hydrogen (secondary N) is 1. The van der Waals surface area contributed by atoms with Crippen molar-refractivity contribution in [1.82, 2.24) is 10.2 Å². The van der Waals surface area contributed by atoms with E-state index >= 15 is 0 Å². The predicted molar refractivity (Wildman–Crippen MR) is 101 cm³/mol. The van der Waals surface area contributed by atoms with E-state index in [1.54, 1.807) is 4.90 Å². The Labute approximate surface area is 153 Å². The predicted octanol–water partition coefficient (Wildman–Crippen LogP) is 3.09. The van der Waals surface area contributed by atoms with Gasteiger partial charge in [0.15, 0.2) is 0 Å². The topological polar surface area (TPSA) is 52.6 Å². The molecule has 0 aliphatic heterocycles. The highest BCUT2D eigenvalue weighted by molar-refractivity contribution is 7.10. The molecule has 0 saturated heterocycles. The fourth-order valence-corrected chi connectivity index (χ4v) is 3.22. The van der Waals surface area contributed by atoms with E-state index < -0.39 is 6.10 Å². The highest BCUT2D eigenvalue weighted by Gasteiger charge is 2.23. The van der Waals surface area contributed by atoms with Crippen molar-refractivity contribution in [2.24, 2.45) is 5.92 Å². The Balaban J connectivity index is 0.00000288. The molecular formula is C18H25ClN2O2S. The second-order valence-electron chi connectivity index (χ2n) is 5.69. The van der Waals surface area contributed by atoms with E-state index in [4.69, 9.17) is 0 Å². The second kappa shape index (κ2) is 10.5. The zero-order chi connectivity index (χ0) is 16.7. The van der Waals surface area contributed by atoms with Gasteiger partial charge in [-0.15, -0.1) is 23.7 Å². The Kier molecular flexibility index (Phi) is 9.00. The van der Waals surface area contributed by atoms with Gasteiger partial charge >= 0.3 is 0 Å². The van der Waals surface area contributed by atoms with Crippen molar-refractivity contribution in [1.29, 1.82) is 0 Å². The molecule has 1 heterocycles. The van der Waals surface area contributed by atoms with Crippen LogP contribution in [0.3, 0.4) is 0 Å². The van der Waals surface area contributed by atoms with Crippen molar-refractivity contribution < 1.29 is 9.90 Å². The Morgan fingerprint density at radius 1 is 1.25 bits per heavy atom. The van der Waals surface area contributed by atoms with E-state index in [0.717, 1.165) is 10.4 Å². The van der Waals surface area contributed by atoms with Crippen LogP contribution in [0.4, 0.5) is 0 Å². The maximum atomic E-state index is 12.7. The number of rotatable bonds is 8. The van der Waals surface area contributed by atoms with Crippen LogP contribution >= 0.6 is 23.7 Å². The number of hydrogen-bond donors (Lipinski definition) is 2. The number of aliphatic hydroxyl groups excluding tert-OH is 1. The average molecular weight is 369 g/mol. The van der Waals surface area contributed by atoms with Gasteiger partial charge < -0.3 is 15.3 Å². The first-order valence-electron chi connectivity index (χ1n) is 7.80. The van der Waals surface area contributed by atoms with Crippen molar-refractivity contribution in [2.75, 3.05) is 20.1 Å². The smallest absolute Gasteiger partial charge is 0.227 e. The molecule has 2 rings (SSSR count). The number of halogens is 1. The van der Waals surface area contributed by atoms with Crippen LogP contribution in [0.1, 0.15) is 23.5 Å². The van der Waals surface area contributed by atoms with Gasteiger partial charge in [0.25, 0.3) is 0 Å². The van der Waals surface area contributed by atoms with Gasteiger partial charge in [-0.1, -0.05) is 43.3 Å². The van der Waals surface area contributed by atoms with Crippen LogP contribution in [0.15, 0.2) is 47.8 Å². The third kappa shape index (κ3) is 5.91. The molecule has 0 saturated carbocycles. The molecule has 0 radical (unpaired) electrons. The van der Waals surface area contributed by atoms with Crippen molar-refractivity contribution in [2.45, 2.75) is 19.6 Å². The molecular weight excluding hydrogens is 344 g/mol. The molecule has 6 heteroatoms. The van der Waals surface area contributed by atoms with Gasteiger partial charge in [0.1, 0.15) is 6.10 Å². The summed E-state index contributed by atoms with van der Waals surface area (Å²) in [7, 11) is 1.84. The van der Waals surface area contributed by atoms with E-state index in [-0.39, 0.29) is 24.2 Å². The first-order valence-corrected chi connectivity index (χ1v) is 8.68. The van der Waals surface area contributed by atoms with Crippen molar-refractivity contribution >= 4 is 29.7 Å². The van der Waals surface area contributed by atoms with E-state index in [1.165, 1.54) is 11.3 Å². The monoisotopic (exact) mass is 368 g/mol. The van der Waals surface area contributed by atoms with Crippen molar-refractivity contribution in [3.63, 3.8) is 0 Å². The largest absolute Gasteiger partial charge is 0.386 e. The van der Waals surface area contributed by atoms with E-state index in [0.29, 0.717) is 19.6 Å². The Bertz CT molecular complexity index is 592. The van der Waals surface area contributed by atoms with Gasteiger partial charge in [0.05, 0.1) is 6.54 Å². The molecule has 1 aromatic heterocycles. The Hall–Kier alpha value is -1.40. The molecule has 0 aliphatic carbocycles. The summed E-state index contributed by atoms with van der Waals surface area (Å²) in [6, 6.07) is 13.7. The highest BCUT2D eigenvalue weighted by Crippen LogP contribution is 2.21. The normalized spacial score (nSPS) is 13.0. The highest BCUT2D eigenvalue weighted by atomic mass is 35.5. The Morgan fingerprint density at radius 3 is 2.54 bits per heavy atom. The lowest BCUT2D eigenvalue weighted by Crippen LogP contribution is -2.40. The molecule has 132 valence electrons. The first kappa shape index (κ1) is 20.6. The molecule has 2 atom stereocenters. The third-order valence-corrected chi connectivity index (χ3v) is 4.70. The number of aliphatic hydroxyl groups is 1. The quantitative estimate of drug-likeness (QED) is 0.752. The lowest BCUT2D eigenvalue weighted by molar-refractivity contribution is -0.137. The summed E-state index contributed by atoms with van der Waals surface area (Å²) in [5, 5.41) is 15.4. The molecule has 24 heavy (non-hydrogen) atoms. The zero-order valence-electron chi connectivity index (χ0n) is 14.0. The minimum atomic E-state index is -0.649. The summed E-state index contributed by atoms with van der Waals surface area (Å²) < 4.78 is 0. The van der Waals surface area contributed by atoms with Crippen molar-refractivity contribution in [3.8, 4) is 0 Å². The zero-order valence-corrected chi connectivity index (χ0v) is 15.6. The van der Waals surface area contributed by atoms with Crippen molar-refractivity contribution in [3.05, 3.63) is 58.3 Å². The van der Waals surface area contributed by atoms with Crippen LogP contribution in [-0.4, -0.2) is 36.1 Å². The molecule has 1 aromatic carbocycles. The molecule has 0 aliphatic rings. The number of benzene rings is 1. The minimum absolute atomic E-state index is 0. The van der Waals surface area contributed by atoms with Gasteiger partial charge in [-0.2, -0.15) is 0 Å². The fourth-order valence-electron chi connectivity index (χ4n) is 2.52. The summed E-state index contributed by atoms with van der Waals surface area (Å²) in [4.78, 5) is 15.4. The number of amides is 1. The van der Waals surface area contributed by atoms with E-state index in [2.05, 4.69) is 5.32 Å². The molecule has 1 amide bonds. The number of carbonyl (C=O) groups excluding carboxylic acids is 1. The molecule has 2 N–H and O–H groups in total. The standard InChI is InChI=1S/C18H24N2O2S.ClH/c1-14(11-19-2)18(22)20(12-15-7-4-3-5-8-15)13-16(21)17-9-6-10-23-17;/h3-10,14,16,19,21H,11-13H2,1-2H3;1H. The lowest BCUT2D eigenvalue weighted by atomic mass is 10.1. The summed E-state index contributed by atoms with van der Waals surface area (Å²) in [5.74, 6) is -0.0712. The van der Waals surface area contributed by atoms with Crippen LogP contribution in [0.2, 0.25) is 0 Å². The number of hydrogen-bond acceptors (Lipinski definition) is 4. The fraction of sp³-hybridized carbons (Fsp3) is 0.389. The molecule has 0 bridgehead atoms. The SMILES string of the molecule is CNCC(C)C(=O)N(Cc1ccccc1)CC(O)c1cccs1.Cl. The maximum Gasteiger partial charge on any atom is 0.227 e. The summed E-state index contributed by atoms with van der Waals surface area (Å²) in [5.41, 5.74) is 1.07. The van der Waals surface area contributed by atoms with Gasteiger partial charge in [-0.25, -0.2) is 0 Å². The summed E-state index contributed by atoms with van der Waals surface area (Å²) in [6.45, 7) is 3.35. The van der Waals surface area contributed by atoms with Crippen LogP contribution in [-0.2, 0) is 11.3 Å². The second-order valence-corrected chi connectivity index (χ2v) is 6.67. The minimum Gasteiger partial charge on any atom is -0.386 e. The number of nitrogens with zero attached hydrogens (tertiary/aromatic N) is 1. The molecule has 0 spiro atoms. The molecule has 4 nitrogen and oxygen atoms in total. The van der Waals surface area contributed by atoms with Crippen LogP contribution in [0.25, 0.3) is 0 Å². The summed E-state index contributed by atoms with van der Waals surface area (Å²) in [6.07, 6.45) is -0.649. The molecule has 2 aromatic rings. The van der Waals surface area contributed by atoms with Gasteiger partial charge in [0.2, 0.25) is 5.91 Å². The Morgan fingerprint density at radius 2 is 1.96 bits per heavy atom. The van der Waals surface area contributed by atoms with Gasteiger partial charge in [0, 0.05) is 23.9 Å². The average Bonchev–Trinajstić information content (AvgIpc) is 3.09. The van der Waals surface area contributed by atoms with E-state index in [9.17, 15) is 9.90 Å². The lowest BCUT2D eigenvalue weighted by Gasteiger charge is -2.28. The van der Waals surface area contributed by atoms with Crippen LogP contribution < -0.4 is 5.32 Å². The van der Waals surface area contributed by atoms with E-state index in [1.807, 2.05) is 61.8 Å². The summed E-state index contributed by atoms with van der Waals surface area (Å²) >= 11 is 1.51. The first-order chi connectivity index (χ1) is 11.1. The third-order valence-electron chi connectivity index (χ3n) is 3.72. The maximum absolute atomic E-state index is 12.7. The number of carbonyl (C=O) groups is 1. The van der Waals surface area contributed by atoms with Crippen LogP contribution in [0, 0.1) is 5.92 Å².